The van der Waals surface area contributed by atoms with Crippen LogP contribution in [0.25, 0.3) is 10.4 Å². The van der Waals surface area contributed by atoms with Gasteiger partial charge in [-0.3, -0.25) is 4.79 Å². The molecule has 1 N–H and O–H groups in total. The predicted octanol–water partition coefficient (Wildman–Crippen LogP) is 4.35. The molecule has 2 aromatic rings. The van der Waals surface area contributed by atoms with Gasteiger partial charge in [-0.05, 0) is 23.1 Å². The van der Waals surface area contributed by atoms with E-state index in [-0.39, 0.29) is 11.9 Å². The Morgan fingerprint density at radius 3 is 2.37 bits per heavy atom. The molecule has 4 atom stereocenters. The van der Waals surface area contributed by atoms with Crippen molar-refractivity contribution >= 4 is 21.8 Å². The Labute approximate surface area is 166 Å². The fraction of sp³-hybridized carbons (Fsp3) is 0.350. The van der Waals surface area contributed by atoms with Gasteiger partial charge in [-0.15, -0.1) is 0 Å². The number of aliphatic hydroxyl groups excluding tert-OH is 1. The monoisotopic (exact) mass is 428 g/mol. The summed E-state index contributed by atoms with van der Waals surface area (Å²) in [6.45, 7) is 2.26. The van der Waals surface area contributed by atoms with Gasteiger partial charge < -0.3 is 10.0 Å². The third-order valence-electron chi connectivity index (χ3n) is 5.02. The fourth-order valence-electron chi connectivity index (χ4n) is 3.62. The maximum atomic E-state index is 13.1. The van der Waals surface area contributed by atoms with E-state index in [1.54, 1.807) is 4.90 Å². The van der Waals surface area contributed by atoms with Crippen molar-refractivity contribution in [2.45, 2.75) is 42.4 Å². The van der Waals surface area contributed by atoms with Crippen molar-refractivity contribution in [3.8, 4) is 0 Å². The SMILES string of the molecule is CC[C@@H](N=[N+]=[N-])[C@@H](O)[C@]1(Br)C(=O)N(Cc2ccccc2)[C@H]1c1ccccc1. The quantitative estimate of drug-likeness (QED) is 0.233. The Morgan fingerprint density at radius 2 is 1.81 bits per heavy atom. The second-order valence-electron chi connectivity index (χ2n) is 6.63. The highest BCUT2D eigenvalue weighted by atomic mass is 79.9. The number of halogens is 1. The largest absolute Gasteiger partial charge is 0.391 e. The van der Waals surface area contributed by atoms with E-state index < -0.39 is 16.5 Å². The van der Waals surface area contributed by atoms with Gasteiger partial charge in [0.1, 0.15) is 0 Å². The van der Waals surface area contributed by atoms with Crippen LogP contribution in [-0.4, -0.2) is 32.4 Å². The van der Waals surface area contributed by atoms with Gasteiger partial charge in [0, 0.05) is 11.5 Å². The first kappa shape index (κ1) is 19.4. The Bertz CT molecular complexity index is 842. The van der Waals surface area contributed by atoms with Gasteiger partial charge in [-0.1, -0.05) is 88.6 Å². The number of benzene rings is 2. The van der Waals surface area contributed by atoms with Crippen molar-refractivity contribution in [2.24, 2.45) is 5.11 Å². The van der Waals surface area contributed by atoms with Crippen molar-refractivity contribution in [1.29, 1.82) is 0 Å². The third kappa shape index (κ3) is 3.46. The molecule has 3 rings (SSSR count). The van der Waals surface area contributed by atoms with Gasteiger partial charge in [0.15, 0.2) is 4.32 Å². The smallest absolute Gasteiger partial charge is 0.245 e. The summed E-state index contributed by atoms with van der Waals surface area (Å²) >= 11 is 3.54. The van der Waals surface area contributed by atoms with Crippen LogP contribution in [0.1, 0.15) is 30.5 Å². The van der Waals surface area contributed by atoms with Gasteiger partial charge in [-0.2, -0.15) is 0 Å². The topological polar surface area (TPSA) is 89.3 Å². The number of carbonyl (C=O) groups excluding carboxylic acids is 1. The number of rotatable bonds is 7. The molecule has 0 aliphatic carbocycles. The van der Waals surface area contributed by atoms with Crippen LogP contribution in [0.4, 0.5) is 0 Å². The number of alkyl halides is 1. The van der Waals surface area contributed by atoms with Crippen LogP contribution >= 0.6 is 15.9 Å². The summed E-state index contributed by atoms with van der Waals surface area (Å²) in [6.07, 6.45) is -0.699. The number of carbonyl (C=O) groups is 1. The molecular weight excluding hydrogens is 408 g/mol. The number of nitrogens with zero attached hydrogens (tertiary/aromatic N) is 4. The zero-order valence-electron chi connectivity index (χ0n) is 14.9. The van der Waals surface area contributed by atoms with Crippen molar-refractivity contribution in [2.75, 3.05) is 0 Å². The van der Waals surface area contributed by atoms with Crippen LogP contribution in [0.15, 0.2) is 65.8 Å². The molecule has 140 valence electrons. The molecule has 0 radical (unpaired) electrons. The van der Waals surface area contributed by atoms with E-state index in [4.69, 9.17) is 5.53 Å². The molecule has 1 fully saturated rings. The van der Waals surface area contributed by atoms with E-state index in [1.165, 1.54) is 0 Å². The summed E-state index contributed by atoms with van der Waals surface area (Å²) in [7, 11) is 0. The zero-order chi connectivity index (χ0) is 19.4. The number of likely N-dealkylation sites (tertiary alicyclic amines) is 1. The number of amides is 1. The van der Waals surface area contributed by atoms with Crippen molar-refractivity contribution in [1.82, 2.24) is 4.90 Å². The van der Waals surface area contributed by atoms with Gasteiger partial charge in [0.2, 0.25) is 5.91 Å². The maximum absolute atomic E-state index is 13.1. The third-order valence-corrected chi connectivity index (χ3v) is 6.26. The molecule has 6 nitrogen and oxygen atoms in total. The molecular formula is C20H21BrN4O2. The van der Waals surface area contributed by atoms with E-state index >= 15 is 0 Å². The Kier molecular flexibility index (Phi) is 5.85. The number of aliphatic hydroxyl groups is 1. The number of hydrogen-bond acceptors (Lipinski definition) is 3. The summed E-state index contributed by atoms with van der Waals surface area (Å²) in [6, 6.07) is 18.3. The first-order chi connectivity index (χ1) is 13.0. The van der Waals surface area contributed by atoms with Crippen LogP contribution in [0.3, 0.4) is 0 Å². The van der Waals surface area contributed by atoms with Gasteiger partial charge >= 0.3 is 0 Å². The average Bonchev–Trinajstić information content (AvgIpc) is 2.72. The van der Waals surface area contributed by atoms with E-state index in [0.717, 1.165) is 11.1 Å². The number of β-lactam (4-membered cyclic amide) rings is 1. The first-order valence-electron chi connectivity index (χ1n) is 8.85. The highest BCUT2D eigenvalue weighted by molar-refractivity contribution is 9.10. The molecule has 1 amide bonds. The minimum Gasteiger partial charge on any atom is -0.391 e. The molecule has 0 saturated carbocycles. The van der Waals surface area contributed by atoms with Crippen LogP contribution in [0, 0.1) is 0 Å². The average molecular weight is 429 g/mol. The minimum atomic E-state index is -1.22. The predicted molar refractivity (Wildman–Crippen MR) is 107 cm³/mol. The lowest BCUT2D eigenvalue weighted by Gasteiger charge is -2.56. The molecule has 0 unspecified atom stereocenters. The van der Waals surface area contributed by atoms with E-state index in [0.29, 0.717) is 13.0 Å². The summed E-state index contributed by atoms with van der Waals surface area (Å²) < 4.78 is -1.22. The molecule has 7 heteroatoms. The highest BCUT2D eigenvalue weighted by Crippen LogP contribution is 2.53. The van der Waals surface area contributed by atoms with Crippen molar-refractivity contribution in [3.05, 3.63) is 82.2 Å². The molecule has 1 heterocycles. The summed E-state index contributed by atoms with van der Waals surface area (Å²) in [5.74, 6) is -0.209. The molecule has 1 aliphatic rings. The lowest BCUT2D eigenvalue weighted by Crippen LogP contribution is -2.71. The second-order valence-corrected chi connectivity index (χ2v) is 7.94. The van der Waals surface area contributed by atoms with E-state index in [1.807, 2.05) is 67.6 Å². The molecule has 27 heavy (non-hydrogen) atoms. The fourth-order valence-corrected chi connectivity index (χ4v) is 4.66. The number of azide groups is 1. The summed E-state index contributed by atoms with van der Waals surface area (Å²) in [5.41, 5.74) is 10.7. The van der Waals surface area contributed by atoms with Gasteiger partial charge in [0.05, 0.1) is 18.2 Å². The summed E-state index contributed by atoms with van der Waals surface area (Å²) in [4.78, 5) is 17.7. The van der Waals surface area contributed by atoms with Gasteiger partial charge in [0.25, 0.3) is 0 Å². The van der Waals surface area contributed by atoms with Crippen molar-refractivity contribution in [3.63, 3.8) is 0 Å². The van der Waals surface area contributed by atoms with Crippen LogP contribution < -0.4 is 0 Å². The van der Waals surface area contributed by atoms with Crippen LogP contribution in [0.5, 0.6) is 0 Å². The summed E-state index contributed by atoms with van der Waals surface area (Å²) in [5, 5.41) is 14.6. The molecule has 1 saturated heterocycles. The highest BCUT2D eigenvalue weighted by Gasteiger charge is 2.64. The zero-order valence-corrected chi connectivity index (χ0v) is 16.5. The molecule has 0 spiro atoms. The first-order valence-corrected chi connectivity index (χ1v) is 9.64. The van der Waals surface area contributed by atoms with Gasteiger partial charge in [-0.25, -0.2) is 0 Å². The lowest BCUT2D eigenvalue weighted by molar-refractivity contribution is -0.161. The minimum absolute atomic E-state index is 0.209. The molecule has 0 bridgehead atoms. The van der Waals surface area contributed by atoms with Crippen LogP contribution in [0.2, 0.25) is 0 Å². The van der Waals surface area contributed by atoms with Crippen LogP contribution in [-0.2, 0) is 11.3 Å². The molecule has 1 aliphatic heterocycles. The number of hydrogen-bond donors (Lipinski definition) is 1. The van der Waals surface area contributed by atoms with E-state index in [9.17, 15) is 9.90 Å². The standard InChI is InChI=1S/C20H21BrN4O2/c1-2-16(23-24-22)18(26)20(21)17(15-11-7-4-8-12-15)25(19(20)27)13-14-9-5-3-6-10-14/h3-12,16-18,26H,2,13H2,1H3/t16-,17+,18-,20+/m1/s1. The Hall–Kier alpha value is -2.34. The van der Waals surface area contributed by atoms with E-state index in [2.05, 4.69) is 26.0 Å². The lowest BCUT2D eigenvalue weighted by atomic mass is 9.75. The Morgan fingerprint density at radius 1 is 1.22 bits per heavy atom. The maximum Gasteiger partial charge on any atom is 0.245 e. The molecule has 0 aromatic heterocycles. The second kappa shape index (κ2) is 8.13. The normalized spacial score (nSPS) is 23.9. The van der Waals surface area contributed by atoms with Crippen molar-refractivity contribution < 1.29 is 9.90 Å². The Balaban J connectivity index is 1.98. The molecule has 2 aromatic carbocycles.